The first-order valence-electron chi connectivity index (χ1n) is 13.5. The Bertz CT molecular complexity index is 1570. The standard InChI is InChI=1S/C16H14F2I2O2.C9H9BrFIO.C6H4FIO.CH2O3.2K.H/c1-10-7-12(18)9-14(20)16(10)22-6-2-5-21-15-4-3-11(17)8-13(15)19;10-4-1-5-13-9-3-2-7(11)6-8(9)12;7-4-1-2-6(9)5(8)3-4;2-1-4-3;;;/h3-4,7-9H,2,5-6H2,1H3;2-3,6H,1,4-5H2;1-3,9H;1,3H;;;/q;;;;2*+1;-1/p-1. The summed E-state index contributed by atoms with van der Waals surface area (Å²) in [6, 6.07) is 15.7. The third-order valence-electron chi connectivity index (χ3n) is 5.26. The number of hydrogen-bond acceptors (Lipinski definition) is 7. The number of carbonyl (C=O) groups is 1. The number of aromatic hydroxyl groups is 1. The zero-order valence-electron chi connectivity index (χ0n) is 28.0. The Morgan fingerprint density at radius 1 is 0.700 bits per heavy atom. The second-order valence-electron chi connectivity index (χ2n) is 8.91. The molecule has 4 aromatic rings. The molecule has 1 N–H and O–H groups in total. The van der Waals surface area contributed by atoms with E-state index >= 15 is 0 Å². The third-order valence-corrected chi connectivity index (χ3v) is 9.17. The zero-order valence-corrected chi connectivity index (χ0v) is 43.4. The van der Waals surface area contributed by atoms with E-state index in [0.717, 1.165) is 33.8 Å². The maximum absolute atomic E-state index is 13.2. The van der Waals surface area contributed by atoms with Crippen LogP contribution in [0.5, 0.6) is 23.0 Å². The minimum absolute atomic E-state index is 0. The minimum atomic E-state index is -0.322. The van der Waals surface area contributed by atoms with Crippen LogP contribution in [0.3, 0.4) is 0 Å². The molecule has 0 aliphatic rings. The van der Waals surface area contributed by atoms with Crippen LogP contribution in [0, 0.1) is 44.5 Å². The average Bonchev–Trinajstić information content (AvgIpc) is 3.03. The number of alkyl halides is 1. The molecule has 50 heavy (non-hydrogen) atoms. The van der Waals surface area contributed by atoms with E-state index in [-0.39, 0.29) is 140 Å². The quantitative estimate of drug-likeness (QED) is 0.0359. The van der Waals surface area contributed by atoms with Crippen molar-refractivity contribution in [3.05, 3.63) is 110 Å². The molecule has 0 fully saturated rings. The van der Waals surface area contributed by atoms with Crippen molar-refractivity contribution in [1.82, 2.24) is 0 Å². The Kier molecular flexibility index (Phi) is 34.6. The molecular weight excluding hydrogens is 1240 g/mol. The number of rotatable bonds is 11. The summed E-state index contributed by atoms with van der Waals surface area (Å²) < 4.78 is 70.6. The second kappa shape index (κ2) is 32.0. The molecule has 0 aromatic heterocycles. The molecule has 0 radical (unpaired) electrons. The molecule has 4 aromatic carbocycles. The summed E-state index contributed by atoms with van der Waals surface area (Å²) in [5.41, 5.74) is 0.776. The van der Waals surface area contributed by atoms with Gasteiger partial charge in [-0.05, 0) is 176 Å². The molecule has 4 rings (SSSR count). The van der Waals surface area contributed by atoms with Crippen molar-refractivity contribution in [3.63, 3.8) is 0 Å². The number of phenols is 1. The molecule has 264 valence electrons. The van der Waals surface area contributed by atoms with E-state index in [1.807, 2.05) is 52.1 Å². The molecule has 0 heterocycles. The van der Waals surface area contributed by atoms with Crippen LogP contribution < -0.4 is 122 Å². The van der Waals surface area contributed by atoms with E-state index in [2.05, 4.69) is 66.0 Å². The molecule has 0 saturated carbocycles. The van der Waals surface area contributed by atoms with Gasteiger partial charge in [0.2, 0.25) is 0 Å². The van der Waals surface area contributed by atoms with Crippen molar-refractivity contribution in [2.24, 2.45) is 0 Å². The van der Waals surface area contributed by atoms with Gasteiger partial charge in [-0.2, -0.15) is 0 Å². The smallest absolute Gasteiger partial charge is 1.00 e. The second-order valence-corrected chi connectivity index (χ2v) is 14.4. The van der Waals surface area contributed by atoms with Crippen molar-refractivity contribution < 1.29 is 156 Å². The van der Waals surface area contributed by atoms with Gasteiger partial charge in [-0.3, -0.25) is 4.79 Å². The maximum atomic E-state index is 13.2. The summed E-state index contributed by atoms with van der Waals surface area (Å²) in [7, 11) is 0. The van der Waals surface area contributed by atoms with Gasteiger partial charge in [-0.15, -0.1) is 0 Å². The van der Waals surface area contributed by atoms with Crippen LogP contribution in [0.15, 0.2) is 66.7 Å². The van der Waals surface area contributed by atoms with Crippen molar-refractivity contribution in [3.8, 4) is 23.0 Å². The van der Waals surface area contributed by atoms with Crippen LogP contribution in [0.4, 0.5) is 17.6 Å². The van der Waals surface area contributed by atoms with E-state index < -0.39 is 0 Å². The van der Waals surface area contributed by atoms with Gasteiger partial charge >= 0.3 is 103 Å². The molecule has 0 aliphatic carbocycles. The summed E-state index contributed by atoms with van der Waals surface area (Å²) in [4.78, 5) is 11.2. The van der Waals surface area contributed by atoms with Gasteiger partial charge in [-0.1, -0.05) is 15.9 Å². The number of phenolic OH excluding ortho intramolecular Hbond substituents is 1. The van der Waals surface area contributed by atoms with Crippen LogP contribution in [0.25, 0.3) is 0 Å². The Morgan fingerprint density at radius 3 is 1.52 bits per heavy atom. The van der Waals surface area contributed by atoms with E-state index in [1.54, 1.807) is 12.1 Å². The van der Waals surface area contributed by atoms with Crippen molar-refractivity contribution in [1.29, 1.82) is 0 Å². The molecule has 0 bridgehead atoms. The summed E-state index contributed by atoms with van der Waals surface area (Å²) in [6.45, 7) is 3.24. The fraction of sp³-hybridized carbons (Fsp3) is 0.219. The van der Waals surface area contributed by atoms with Gasteiger partial charge in [0.25, 0.3) is 6.47 Å². The molecule has 18 heteroatoms. The number of benzene rings is 4. The molecular formula is C32H29BrF4I4K2O7. The number of aryl methyl sites for hydroxylation is 1. The molecule has 0 spiro atoms. The van der Waals surface area contributed by atoms with E-state index in [0.29, 0.717) is 41.3 Å². The Balaban J connectivity index is -0.000000678. The van der Waals surface area contributed by atoms with E-state index in [9.17, 15) is 17.6 Å². The minimum Gasteiger partial charge on any atom is -1.00 e. The van der Waals surface area contributed by atoms with Gasteiger partial charge in [0.05, 0.1) is 34.1 Å². The fourth-order valence-electron chi connectivity index (χ4n) is 3.19. The third kappa shape index (κ3) is 23.7. The monoisotopic (exact) mass is 1270 g/mol. The predicted octanol–water partition coefficient (Wildman–Crippen LogP) is 3.62. The summed E-state index contributed by atoms with van der Waals surface area (Å²) in [5, 5.41) is 18.2. The molecule has 0 unspecified atom stereocenters. The van der Waals surface area contributed by atoms with E-state index in [4.69, 9.17) is 29.4 Å². The predicted molar refractivity (Wildman–Crippen MR) is 211 cm³/mol. The number of hydrogen-bond donors (Lipinski definition) is 1. The number of ether oxygens (including phenoxy) is 3. The first-order valence-corrected chi connectivity index (χ1v) is 18.9. The summed E-state index contributed by atoms with van der Waals surface area (Å²) in [5.74, 6) is 1.16. The first kappa shape index (κ1) is 54.0. The van der Waals surface area contributed by atoms with Gasteiger partial charge < -0.3 is 30.9 Å². The topological polar surface area (TPSA) is 97.3 Å². The van der Waals surface area contributed by atoms with Crippen molar-refractivity contribution in [2.45, 2.75) is 19.8 Å². The van der Waals surface area contributed by atoms with Crippen LogP contribution >= 0.6 is 106 Å². The molecule has 0 aliphatic heterocycles. The van der Waals surface area contributed by atoms with Crippen molar-refractivity contribution in [2.75, 3.05) is 25.2 Å². The maximum Gasteiger partial charge on any atom is 1.00 e. The molecule has 7 nitrogen and oxygen atoms in total. The van der Waals surface area contributed by atoms with Gasteiger partial charge in [-0.25, -0.2) is 17.6 Å². The van der Waals surface area contributed by atoms with Gasteiger partial charge in [0.15, 0.2) is 0 Å². The average molecular weight is 1270 g/mol. The largest absolute Gasteiger partial charge is 1.00 e. The normalized spacial score (nSPS) is 9.42. The van der Waals surface area contributed by atoms with Gasteiger partial charge in [0, 0.05) is 11.8 Å². The van der Waals surface area contributed by atoms with E-state index in [1.165, 1.54) is 54.6 Å². The fourth-order valence-corrected chi connectivity index (χ4v) is 6.04. The molecule has 0 amide bonds. The Labute approximate surface area is 438 Å². The Morgan fingerprint density at radius 2 is 1.12 bits per heavy atom. The van der Waals surface area contributed by atoms with Crippen molar-refractivity contribution >= 4 is 113 Å². The zero-order chi connectivity index (χ0) is 36.1. The molecule has 0 atom stereocenters. The summed E-state index contributed by atoms with van der Waals surface area (Å²) >= 11 is 11.3. The molecule has 0 saturated heterocycles. The SMILES string of the molecule is Cc1cc(F)cc(I)c1OCCCOc1ccc(F)cc1I.Fc1ccc(OCCCBr)c(I)c1.O=CO[O-].Oc1ccc(F)cc1I.[H-].[K+].[K+]. The van der Waals surface area contributed by atoms with Crippen LogP contribution in [0.1, 0.15) is 19.8 Å². The number of halogens is 9. The summed E-state index contributed by atoms with van der Waals surface area (Å²) in [6.07, 6.45) is 1.63. The first-order chi connectivity index (χ1) is 22.8. The number of carbonyl (C=O) groups excluding carboxylic acids is 1. The van der Waals surface area contributed by atoms with Crippen LogP contribution in [0.2, 0.25) is 0 Å². The van der Waals surface area contributed by atoms with Crippen LogP contribution in [-0.2, 0) is 9.68 Å². The van der Waals surface area contributed by atoms with Gasteiger partial charge in [0.1, 0.15) is 46.3 Å². The Hall–Kier alpha value is 1.90. The van der Waals surface area contributed by atoms with Crippen LogP contribution in [-0.4, -0.2) is 36.7 Å².